The molecule has 0 amide bonds. The molecule has 0 bridgehead atoms. The van der Waals surface area contributed by atoms with Crippen LogP contribution in [0.3, 0.4) is 0 Å². The molecule has 2 rings (SSSR count). The summed E-state index contributed by atoms with van der Waals surface area (Å²) >= 11 is 0. The van der Waals surface area contributed by atoms with Gasteiger partial charge in [-0.2, -0.15) is 0 Å². The molecule has 2 heterocycles. The third-order valence-corrected chi connectivity index (χ3v) is 2.37. The van der Waals surface area contributed by atoms with Gasteiger partial charge in [-0.05, 0) is 19.8 Å². The molecule has 0 N–H and O–H groups in total. The maximum absolute atomic E-state index is 2.57. The molecule has 0 radical (unpaired) electrons. The Balaban J connectivity index is 1.99. The van der Waals surface area contributed by atoms with Gasteiger partial charge in [0.1, 0.15) is 0 Å². The lowest BCUT2D eigenvalue weighted by Crippen LogP contribution is -2.62. The molecular weight excluding hydrogens is 86.1 g/mol. The molecule has 0 saturated carbocycles. The highest BCUT2D eigenvalue weighted by Gasteiger charge is 2.41. The van der Waals surface area contributed by atoms with Crippen molar-refractivity contribution < 1.29 is 0 Å². The first-order chi connectivity index (χ1) is 3.38. The Morgan fingerprint density at radius 1 is 1.57 bits per heavy atom. The van der Waals surface area contributed by atoms with E-state index >= 15 is 0 Å². The first kappa shape index (κ1) is 3.90. The van der Waals surface area contributed by atoms with Crippen molar-refractivity contribution in [2.24, 2.45) is 0 Å². The second-order valence-corrected chi connectivity index (χ2v) is 2.77. The van der Waals surface area contributed by atoms with Gasteiger partial charge in [0.05, 0.1) is 0 Å². The molecule has 2 fully saturated rings. The van der Waals surface area contributed by atoms with Gasteiger partial charge in [0.2, 0.25) is 0 Å². The van der Waals surface area contributed by atoms with E-state index in [0.717, 1.165) is 12.1 Å². The van der Waals surface area contributed by atoms with Crippen molar-refractivity contribution in [1.29, 1.82) is 0 Å². The summed E-state index contributed by atoms with van der Waals surface area (Å²) in [4.78, 5) is 2.57. The molecule has 1 heteroatoms. The minimum atomic E-state index is 0.929. The summed E-state index contributed by atoms with van der Waals surface area (Å²) in [6.07, 6.45) is 2.95. The average molecular weight is 97.2 g/mol. The highest BCUT2D eigenvalue weighted by Crippen LogP contribution is 2.35. The molecule has 2 atom stereocenters. The van der Waals surface area contributed by atoms with Crippen LogP contribution >= 0.6 is 0 Å². The number of rotatable bonds is 0. The smallest absolute Gasteiger partial charge is 0.0125 e. The Hall–Kier alpha value is -0.0400. The summed E-state index contributed by atoms with van der Waals surface area (Å²) < 4.78 is 0. The summed E-state index contributed by atoms with van der Waals surface area (Å²) in [5, 5.41) is 0. The molecule has 0 aromatic heterocycles. The molecule has 1 nitrogen and oxygen atoms in total. The largest absolute Gasteiger partial charge is 0.297 e. The van der Waals surface area contributed by atoms with Crippen molar-refractivity contribution in [3.63, 3.8) is 0 Å². The molecule has 2 aliphatic heterocycles. The second kappa shape index (κ2) is 1.03. The maximum atomic E-state index is 2.57. The number of piperidine rings is 1. The molecule has 0 aromatic rings. The number of fused-ring (bicyclic) bond motifs is 1. The molecule has 0 aliphatic carbocycles. The van der Waals surface area contributed by atoms with Crippen LogP contribution in [0.4, 0.5) is 0 Å². The van der Waals surface area contributed by atoms with Gasteiger partial charge in [-0.15, -0.1) is 0 Å². The van der Waals surface area contributed by atoms with Crippen LogP contribution in [-0.2, 0) is 0 Å². The standard InChI is InChI=1S/C6H11N/c1-5-4-6-2-3-7(5)6/h5-6H,2-4H2,1H3/t5-,6?/m0/s1. The van der Waals surface area contributed by atoms with Crippen molar-refractivity contribution in [2.45, 2.75) is 31.8 Å². The number of hydrogen-bond donors (Lipinski definition) is 0. The Kier molecular flexibility index (Phi) is 0.571. The fraction of sp³-hybridized carbons (Fsp3) is 1.00. The molecule has 7 heavy (non-hydrogen) atoms. The van der Waals surface area contributed by atoms with E-state index in [1.807, 2.05) is 0 Å². The van der Waals surface area contributed by atoms with Crippen molar-refractivity contribution in [3.05, 3.63) is 0 Å². The Morgan fingerprint density at radius 3 is 2.43 bits per heavy atom. The van der Waals surface area contributed by atoms with Gasteiger partial charge < -0.3 is 0 Å². The summed E-state index contributed by atoms with van der Waals surface area (Å²) in [6, 6.07) is 1.95. The molecule has 40 valence electrons. The lowest BCUT2D eigenvalue weighted by Gasteiger charge is -2.55. The van der Waals surface area contributed by atoms with Crippen LogP contribution in [-0.4, -0.2) is 23.5 Å². The summed E-state index contributed by atoms with van der Waals surface area (Å²) in [5.74, 6) is 0. The first-order valence-electron chi connectivity index (χ1n) is 3.13. The minimum Gasteiger partial charge on any atom is -0.297 e. The molecular formula is C6H11N. The fourth-order valence-electron chi connectivity index (χ4n) is 1.69. The third-order valence-electron chi connectivity index (χ3n) is 2.37. The van der Waals surface area contributed by atoms with Crippen LogP contribution in [0.2, 0.25) is 0 Å². The average Bonchev–Trinajstić information content (AvgIpc) is 1.59. The van der Waals surface area contributed by atoms with Gasteiger partial charge >= 0.3 is 0 Å². The quantitative estimate of drug-likeness (QED) is 0.433. The van der Waals surface area contributed by atoms with Crippen LogP contribution in [0.25, 0.3) is 0 Å². The maximum Gasteiger partial charge on any atom is 0.0125 e. The van der Waals surface area contributed by atoms with E-state index in [1.54, 1.807) is 0 Å². The Bertz CT molecular complexity index is 86.2. The third kappa shape index (κ3) is 0.325. The van der Waals surface area contributed by atoms with E-state index in [2.05, 4.69) is 11.8 Å². The van der Waals surface area contributed by atoms with Crippen LogP contribution in [0.1, 0.15) is 19.8 Å². The van der Waals surface area contributed by atoms with Crippen LogP contribution < -0.4 is 0 Å². The highest BCUT2D eigenvalue weighted by atomic mass is 15.3. The van der Waals surface area contributed by atoms with Crippen LogP contribution in [0, 0.1) is 0 Å². The normalized spacial score (nSPS) is 49.3. The lowest BCUT2D eigenvalue weighted by atomic mass is 9.84. The zero-order chi connectivity index (χ0) is 4.85. The zero-order valence-electron chi connectivity index (χ0n) is 4.72. The predicted octanol–water partition coefficient (Wildman–Crippen LogP) is 0.853. The van der Waals surface area contributed by atoms with Gasteiger partial charge in [0.15, 0.2) is 0 Å². The van der Waals surface area contributed by atoms with Gasteiger partial charge in [0.25, 0.3) is 0 Å². The zero-order valence-corrected chi connectivity index (χ0v) is 4.72. The summed E-state index contributed by atoms with van der Waals surface area (Å²) in [5.41, 5.74) is 0. The second-order valence-electron chi connectivity index (χ2n) is 2.77. The minimum absolute atomic E-state index is 0.929. The van der Waals surface area contributed by atoms with Gasteiger partial charge in [0, 0.05) is 18.6 Å². The number of nitrogens with zero attached hydrogens (tertiary/aromatic N) is 1. The molecule has 0 spiro atoms. The SMILES string of the molecule is C[C@H]1CC2CCN21. The Labute approximate surface area is 44.3 Å². The van der Waals surface area contributed by atoms with Crippen LogP contribution in [0.5, 0.6) is 0 Å². The molecule has 0 aromatic carbocycles. The van der Waals surface area contributed by atoms with E-state index < -0.39 is 0 Å². The van der Waals surface area contributed by atoms with Crippen LogP contribution in [0.15, 0.2) is 0 Å². The van der Waals surface area contributed by atoms with Crippen molar-refractivity contribution in [3.8, 4) is 0 Å². The lowest BCUT2D eigenvalue weighted by molar-refractivity contribution is -0.0556. The van der Waals surface area contributed by atoms with E-state index in [0.29, 0.717) is 0 Å². The molecule has 2 saturated heterocycles. The van der Waals surface area contributed by atoms with E-state index in [9.17, 15) is 0 Å². The van der Waals surface area contributed by atoms with E-state index in [4.69, 9.17) is 0 Å². The topological polar surface area (TPSA) is 3.24 Å². The first-order valence-corrected chi connectivity index (χ1v) is 3.13. The van der Waals surface area contributed by atoms with E-state index in [1.165, 1.54) is 19.4 Å². The summed E-state index contributed by atoms with van der Waals surface area (Å²) in [7, 11) is 0. The fourth-order valence-corrected chi connectivity index (χ4v) is 1.69. The molecule has 2 aliphatic rings. The predicted molar refractivity (Wildman–Crippen MR) is 29.2 cm³/mol. The molecule has 1 unspecified atom stereocenters. The monoisotopic (exact) mass is 97.1 g/mol. The van der Waals surface area contributed by atoms with Gasteiger partial charge in [-0.3, -0.25) is 4.90 Å². The van der Waals surface area contributed by atoms with E-state index in [-0.39, 0.29) is 0 Å². The van der Waals surface area contributed by atoms with Gasteiger partial charge in [-0.25, -0.2) is 0 Å². The highest BCUT2D eigenvalue weighted by molar-refractivity contribution is 4.97. The van der Waals surface area contributed by atoms with Crippen molar-refractivity contribution in [1.82, 2.24) is 4.90 Å². The summed E-state index contributed by atoms with van der Waals surface area (Å²) in [6.45, 7) is 3.70. The van der Waals surface area contributed by atoms with Crippen molar-refractivity contribution in [2.75, 3.05) is 6.54 Å². The van der Waals surface area contributed by atoms with Crippen molar-refractivity contribution >= 4 is 0 Å². The Morgan fingerprint density at radius 2 is 2.43 bits per heavy atom. The van der Waals surface area contributed by atoms with Gasteiger partial charge in [-0.1, -0.05) is 0 Å². The number of hydrogen-bond acceptors (Lipinski definition) is 1.